The highest BCUT2D eigenvalue weighted by molar-refractivity contribution is 6.99. The van der Waals surface area contributed by atoms with E-state index in [0.717, 1.165) is 0 Å². The zero-order valence-corrected chi connectivity index (χ0v) is 16.5. The Labute approximate surface area is 151 Å². The van der Waals surface area contributed by atoms with E-state index in [1.165, 1.54) is 10.4 Å². The molecule has 0 saturated heterocycles. The zero-order chi connectivity index (χ0) is 18.5. The largest absolute Gasteiger partial charge is 0.481 e. The lowest BCUT2D eigenvalue weighted by Crippen LogP contribution is -2.67. The lowest BCUT2D eigenvalue weighted by atomic mass is 10.2. The topological polar surface area (TPSA) is 46.5 Å². The molecule has 0 aliphatic rings. The van der Waals surface area contributed by atoms with Crippen molar-refractivity contribution in [3.05, 3.63) is 60.7 Å². The van der Waals surface area contributed by atoms with Crippen LogP contribution in [0.5, 0.6) is 0 Å². The van der Waals surface area contributed by atoms with Gasteiger partial charge in [-0.3, -0.25) is 4.79 Å². The average molecular weight is 357 g/mol. The van der Waals surface area contributed by atoms with E-state index in [4.69, 9.17) is 4.43 Å². The van der Waals surface area contributed by atoms with Gasteiger partial charge in [0.25, 0.3) is 8.32 Å². The third kappa shape index (κ3) is 4.20. The number of hydrogen-bond acceptors (Lipinski definition) is 2. The molecule has 1 atom stereocenters. The fourth-order valence-electron chi connectivity index (χ4n) is 3.41. The van der Waals surface area contributed by atoms with Gasteiger partial charge in [0.2, 0.25) is 0 Å². The van der Waals surface area contributed by atoms with Gasteiger partial charge in [0.05, 0.1) is 12.5 Å². The Balaban J connectivity index is 2.66. The Bertz CT molecular complexity index is 638. The summed E-state index contributed by atoms with van der Waals surface area (Å²) >= 11 is 0. The third-order valence-corrected chi connectivity index (χ3v) is 9.71. The van der Waals surface area contributed by atoms with Gasteiger partial charge in [0.1, 0.15) is 0 Å². The number of carboxylic acids is 1. The molecule has 0 amide bonds. The van der Waals surface area contributed by atoms with Crippen molar-refractivity contribution < 1.29 is 14.3 Å². The first kappa shape index (κ1) is 19.4. The average Bonchev–Trinajstić information content (AvgIpc) is 2.58. The Morgan fingerprint density at radius 2 is 1.44 bits per heavy atom. The van der Waals surface area contributed by atoms with Gasteiger partial charge in [-0.25, -0.2) is 0 Å². The van der Waals surface area contributed by atoms with Crippen LogP contribution in [0.15, 0.2) is 60.7 Å². The van der Waals surface area contributed by atoms with Crippen molar-refractivity contribution in [3.8, 4) is 0 Å². The van der Waals surface area contributed by atoms with Crippen molar-refractivity contribution in [2.75, 3.05) is 0 Å². The highest BCUT2D eigenvalue weighted by atomic mass is 28.4. The Morgan fingerprint density at radius 1 is 1.00 bits per heavy atom. The molecule has 25 heavy (non-hydrogen) atoms. The number of hydrogen-bond donors (Lipinski definition) is 1. The molecule has 3 nitrogen and oxygen atoms in total. The SMILES string of the molecule is CC[C@H](CC(=O)O)O[Si](c1ccccc1)(c1ccccc1)C(C)(C)C. The second kappa shape index (κ2) is 7.98. The van der Waals surface area contributed by atoms with E-state index >= 15 is 0 Å². The molecule has 0 fully saturated rings. The summed E-state index contributed by atoms with van der Waals surface area (Å²) in [5.41, 5.74) is 0. The predicted molar refractivity (Wildman–Crippen MR) is 105 cm³/mol. The molecule has 2 rings (SSSR count). The monoisotopic (exact) mass is 356 g/mol. The first-order valence-corrected chi connectivity index (χ1v) is 10.7. The van der Waals surface area contributed by atoms with Crippen LogP contribution in [-0.4, -0.2) is 25.5 Å². The summed E-state index contributed by atoms with van der Waals surface area (Å²) in [6, 6.07) is 20.6. The molecule has 0 saturated carbocycles. The second-order valence-corrected chi connectivity index (χ2v) is 11.7. The lowest BCUT2D eigenvalue weighted by molar-refractivity contribution is -0.138. The van der Waals surface area contributed by atoms with E-state index in [1.54, 1.807) is 0 Å². The summed E-state index contributed by atoms with van der Waals surface area (Å²) in [5.74, 6) is -0.815. The molecular weight excluding hydrogens is 328 g/mol. The number of rotatable bonds is 7. The Morgan fingerprint density at radius 3 is 1.76 bits per heavy atom. The maximum absolute atomic E-state index is 11.3. The molecule has 0 heterocycles. The van der Waals surface area contributed by atoms with Crippen molar-refractivity contribution in [2.24, 2.45) is 0 Å². The molecule has 0 spiro atoms. The van der Waals surface area contributed by atoms with Gasteiger partial charge in [-0.2, -0.15) is 0 Å². The first-order chi connectivity index (χ1) is 11.8. The van der Waals surface area contributed by atoms with E-state index in [1.807, 2.05) is 43.3 Å². The van der Waals surface area contributed by atoms with E-state index in [0.29, 0.717) is 6.42 Å². The van der Waals surface area contributed by atoms with Crippen LogP contribution in [-0.2, 0) is 9.22 Å². The summed E-state index contributed by atoms with van der Waals surface area (Å²) in [4.78, 5) is 11.3. The Hall–Kier alpha value is -1.91. The van der Waals surface area contributed by atoms with Crippen molar-refractivity contribution in [1.29, 1.82) is 0 Å². The van der Waals surface area contributed by atoms with Crippen LogP contribution >= 0.6 is 0 Å². The smallest absolute Gasteiger partial charge is 0.305 e. The van der Waals surface area contributed by atoms with Gasteiger partial charge in [-0.1, -0.05) is 88.4 Å². The van der Waals surface area contributed by atoms with Crippen LogP contribution < -0.4 is 10.4 Å². The summed E-state index contributed by atoms with van der Waals surface area (Å²) in [7, 11) is -2.66. The van der Waals surface area contributed by atoms with Crippen molar-refractivity contribution in [2.45, 2.75) is 51.7 Å². The van der Waals surface area contributed by atoms with Crippen LogP contribution in [0, 0.1) is 0 Å². The standard InChI is InChI=1S/C21H28O3Si/c1-5-17(16-20(22)23)24-25(21(2,3)4,18-12-8-6-9-13-18)19-14-10-7-11-15-19/h6-15,17H,5,16H2,1-4H3,(H,22,23)/t17-/m1/s1. The maximum Gasteiger partial charge on any atom is 0.305 e. The van der Waals surface area contributed by atoms with E-state index in [2.05, 4.69) is 45.0 Å². The molecule has 0 bridgehead atoms. The van der Waals surface area contributed by atoms with Gasteiger partial charge >= 0.3 is 5.97 Å². The number of carboxylic acid groups (broad SMARTS) is 1. The number of aliphatic carboxylic acids is 1. The van der Waals surface area contributed by atoms with Crippen LogP contribution in [0.2, 0.25) is 5.04 Å². The van der Waals surface area contributed by atoms with Crippen molar-refractivity contribution in [3.63, 3.8) is 0 Å². The van der Waals surface area contributed by atoms with Gasteiger partial charge < -0.3 is 9.53 Å². The van der Waals surface area contributed by atoms with Crippen LogP contribution in [0.3, 0.4) is 0 Å². The number of carbonyl (C=O) groups is 1. The minimum Gasteiger partial charge on any atom is -0.481 e. The van der Waals surface area contributed by atoms with Crippen molar-refractivity contribution >= 4 is 24.7 Å². The van der Waals surface area contributed by atoms with Crippen LogP contribution in [0.1, 0.15) is 40.5 Å². The van der Waals surface area contributed by atoms with Gasteiger partial charge in [-0.15, -0.1) is 0 Å². The molecule has 0 radical (unpaired) electrons. The molecule has 4 heteroatoms. The molecule has 0 aliphatic carbocycles. The molecule has 0 aliphatic heterocycles. The van der Waals surface area contributed by atoms with E-state index in [9.17, 15) is 9.90 Å². The summed E-state index contributed by atoms with van der Waals surface area (Å²) in [6.07, 6.45) is 0.404. The molecule has 0 aromatic heterocycles. The number of benzene rings is 2. The quantitative estimate of drug-likeness (QED) is 0.767. The van der Waals surface area contributed by atoms with E-state index < -0.39 is 14.3 Å². The van der Waals surface area contributed by atoms with Crippen LogP contribution in [0.4, 0.5) is 0 Å². The second-order valence-electron chi connectivity index (χ2n) is 7.41. The normalized spacial score (nSPS) is 13.4. The fraction of sp³-hybridized carbons (Fsp3) is 0.381. The van der Waals surface area contributed by atoms with Crippen LogP contribution in [0.25, 0.3) is 0 Å². The minimum atomic E-state index is -2.66. The van der Waals surface area contributed by atoms with Gasteiger partial charge in [0, 0.05) is 0 Å². The molecular formula is C21H28O3Si. The van der Waals surface area contributed by atoms with Crippen molar-refractivity contribution in [1.82, 2.24) is 0 Å². The van der Waals surface area contributed by atoms with Gasteiger partial charge in [-0.05, 0) is 21.8 Å². The van der Waals surface area contributed by atoms with E-state index in [-0.39, 0.29) is 17.6 Å². The predicted octanol–water partition coefficient (Wildman–Crippen LogP) is 3.82. The maximum atomic E-state index is 11.3. The third-order valence-electron chi connectivity index (χ3n) is 4.62. The lowest BCUT2D eigenvalue weighted by Gasteiger charge is -2.45. The summed E-state index contributed by atoms with van der Waals surface area (Å²) in [5, 5.41) is 11.5. The highest BCUT2D eigenvalue weighted by Crippen LogP contribution is 2.38. The molecule has 1 N–H and O–H groups in total. The van der Waals surface area contributed by atoms with Gasteiger partial charge in [0.15, 0.2) is 0 Å². The fourth-order valence-corrected chi connectivity index (χ4v) is 8.17. The molecule has 0 unspecified atom stereocenters. The Kier molecular flexibility index (Phi) is 6.19. The first-order valence-electron chi connectivity index (χ1n) is 8.82. The highest BCUT2D eigenvalue weighted by Gasteiger charge is 2.51. The zero-order valence-electron chi connectivity index (χ0n) is 15.5. The molecule has 2 aromatic carbocycles. The summed E-state index contributed by atoms with van der Waals surface area (Å²) < 4.78 is 6.79. The molecule has 2 aromatic rings. The summed E-state index contributed by atoms with van der Waals surface area (Å²) in [6.45, 7) is 8.59. The molecule has 134 valence electrons. The minimum absolute atomic E-state index is 0.0288.